The summed E-state index contributed by atoms with van der Waals surface area (Å²) < 4.78 is 5.71. The molecule has 4 nitrogen and oxygen atoms in total. The van der Waals surface area contributed by atoms with Gasteiger partial charge in [-0.15, -0.1) is 0 Å². The molecule has 1 N–H and O–H groups in total. The molecule has 0 fully saturated rings. The Morgan fingerprint density at radius 1 is 1.13 bits per heavy atom. The zero-order valence-electron chi connectivity index (χ0n) is 12.5. The van der Waals surface area contributed by atoms with Crippen LogP contribution in [0, 0.1) is 5.92 Å². The molecule has 1 amide bonds. The van der Waals surface area contributed by atoms with Gasteiger partial charge in [-0.2, -0.15) is 0 Å². The van der Waals surface area contributed by atoms with Crippen LogP contribution in [0.1, 0.15) is 5.56 Å². The molecule has 2 heterocycles. The van der Waals surface area contributed by atoms with E-state index in [1.807, 2.05) is 48.5 Å². The number of fused-ring (bicyclic) bond motifs is 2. The number of nitrogens with zero attached hydrogens (tertiary/aromatic N) is 1. The molecule has 4 rings (SSSR count). The van der Waals surface area contributed by atoms with Crippen LogP contribution in [0.2, 0.25) is 0 Å². The van der Waals surface area contributed by atoms with Crippen LogP contribution in [0.3, 0.4) is 0 Å². The second kappa shape index (κ2) is 5.72. The number of ether oxygens (including phenoxy) is 1. The molecule has 0 saturated carbocycles. The maximum absolute atomic E-state index is 12.6. The molecule has 2 aromatic carbocycles. The summed E-state index contributed by atoms with van der Waals surface area (Å²) in [5, 5.41) is 5.04. The highest BCUT2D eigenvalue weighted by Crippen LogP contribution is 2.28. The molecule has 1 aliphatic rings. The molecule has 1 aliphatic heterocycles. The van der Waals surface area contributed by atoms with E-state index in [1.54, 1.807) is 12.4 Å². The standard InChI is InChI=1S/C19H16N2O2/c22-19(15-10-13-4-1-2-7-18(13)23-12-15)21-17-6-3-5-14-11-20-9-8-16(14)17/h1-9,11,15H,10,12H2,(H,21,22)/t15-/m1/s1. The highest BCUT2D eigenvalue weighted by Gasteiger charge is 2.26. The predicted octanol–water partition coefficient (Wildman–Crippen LogP) is 3.42. The van der Waals surface area contributed by atoms with Crippen LogP contribution < -0.4 is 10.1 Å². The van der Waals surface area contributed by atoms with E-state index in [-0.39, 0.29) is 11.8 Å². The van der Waals surface area contributed by atoms with Gasteiger partial charge in [0.25, 0.3) is 0 Å². The van der Waals surface area contributed by atoms with E-state index in [2.05, 4.69) is 10.3 Å². The molecule has 114 valence electrons. The maximum Gasteiger partial charge on any atom is 0.231 e. The number of nitrogens with one attached hydrogen (secondary N) is 1. The van der Waals surface area contributed by atoms with Gasteiger partial charge < -0.3 is 10.1 Å². The highest BCUT2D eigenvalue weighted by atomic mass is 16.5. The fourth-order valence-electron chi connectivity index (χ4n) is 2.96. The van der Waals surface area contributed by atoms with Crippen molar-refractivity contribution < 1.29 is 9.53 Å². The van der Waals surface area contributed by atoms with Crippen molar-refractivity contribution in [2.45, 2.75) is 6.42 Å². The third-order valence-corrected chi connectivity index (χ3v) is 4.19. The van der Waals surface area contributed by atoms with E-state index in [0.29, 0.717) is 13.0 Å². The summed E-state index contributed by atoms with van der Waals surface area (Å²) in [6.45, 7) is 0.412. The third kappa shape index (κ3) is 2.63. The van der Waals surface area contributed by atoms with Crippen molar-refractivity contribution in [2.24, 2.45) is 5.92 Å². The van der Waals surface area contributed by atoms with Crippen LogP contribution in [0.5, 0.6) is 5.75 Å². The van der Waals surface area contributed by atoms with Crippen LogP contribution in [0.15, 0.2) is 60.9 Å². The Kier molecular flexibility index (Phi) is 3.42. The monoisotopic (exact) mass is 304 g/mol. The van der Waals surface area contributed by atoms with Gasteiger partial charge in [0, 0.05) is 28.9 Å². The number of amides is 1. The zero-order chi connectivity index (χ0) is 15.6. The Balaban J connectivity index is 1.56. The van der Waals surface area contributed by atoms with Gasteiger partial charge in [-0.1, -0.05) is 30.3 Å². The molecule has 0 radical (unpaired) electrons. The van der Waals surface area contributed by atoms with Crippen LogP contribution in [-0.4, -0.2) is 17.5 Å². The summed E-state index contributed by atoms with van der Waals surface area (Å²) in [6.07, 6.45) is 4.23. The van der Waals surface area contributed by atoms with Gasteiger partial charge in [0.05, 0.1) is 5.92 Å². The molecular formula is C19H16N2O2. The minimum Gasteiger partial charge on any atom is -0.492 e. The summed E-state index contributed by atoms with van der Waals surface area (Å²) >= 11 is 0. The molecule has 0 spiro atoms. The minimum absolute atomic E-state index is 0.0104. The zero-order valence-corrected chi connectivity index (χ0v) is 12.5. The van der Waals surface area contributed by atoms with Crippen molar-refractivity contribution in [1.82, 2.24) is 4.98 Å². The Labute approximate surface area is 134 Å². The lowest BCUT2D eigenvalue weighted by Gasteiger charge is -2.24. The lowest BCUT2D eigenvalue weighted by atomic mass is 9.96. The molecule has 0 bridgehead atoms. The quantitative estimate of drug-likeness (QED) is 0.789. The molecule has 0 aliphatic carbocycles. The van der Waals surface area contributed by atoms with E-state index in [0.717, 1.165) is 27.8 Å². The largest absolute Gasteiger partial charge is 0.492 e. The maximum atomic E-state index is 12.6. The summed E-state index contributed by atoms with van der Waals surface area (Å²) in [5.41, 5.74) is 1.90. The Morgan fingerprint density at radius 3 is 3.00 bits per heavy atom. The summed E-state index contributed by atoms with van der Waals surface area (Å²) in [5.74, 6) is 0.693. The van der Waals surface area contributed by atoms with Crippen molar-refractivity contribution in [2.75, 3.05) is 11.9 Å². The summed E-state index contributed by atoms with van der Waals surface area (Å²) in [4.78, 5) is 16.7. The first-order valence-corrected chi connectivity index (χ1v) is 7.65. The molecule has 23 heavy (non-hydrogen) atoms. The van der Waals surface area contributed by atoms with Crippen LogP contribution in [-0.2, 0) is 11.2 Å². The van der Waals surface area contributed by atoms with Gasteiger partial charge in [0.1, 0.15) is 12.4 Å². The van der Waals surface area contributed by atoms with Crippen molar-refractivity contribution in [3.63, 3.8) is 0 Å². The summed E-state index contributed by atoms with van der Waals surface area (Å²) in [6, 6.07) is 15.6. The minimum atomic E-state index is -0.179. The fraction of sp³-hybridized carbons (Fsp3) is 0.158. The lowest BCUT2D eigenvalue weighted by molar-refractivity contribution is -0.121. The van der Waals surface area contributed by atoms with Gasteiger partial charge in [0.2, 0.25) is 5.91 Å². The van der Waals surface area contributed by atoms with Gasteiger partial charge in [-0.25, -0.2) is 0 Å². The van der Waals surface area contributed by atoms with Crippen molar-refractivity contribution in [3.05, 3.63) is 66.5 Å². The molecule has 3 aromatic rings. The van der Waals surface area contributed by atoms with Gasteiger partial charge >= 0.3 is 0 Å². The molecule has 4 heteroatoms. The Bertz CT molecular complexity index is 871. The van der Waals surface area contributed by atoms with E-state index in [4.69, 9.17) is 4.74 Å². The van der Waals surface area contributed by atoms with Gasteiger partial charge in [0.15, 0.2) is 0 Å². The van der Waals surface area contributed by atoms with Crippen LogP contribution >= 0.6 is 0 Å². The highest BCUT2D eigenvalue weighted by molar-refractivity contribution is 6.02. The molecule has 1 atom stereocenters. The first kappa shape index (κ1) is 13.8. The Morgan fingerprint density at radius 2 is 2.04 bits per heavy atom. The number of hydrogen-bond acceptors (Lipinski definition) is 3. The number of carbonyl (C=O) groups is 1. The van der Waals surface area contributed by atoms with E-state index in [9.17, 15) is 4.79 Å². The van der Waals surface area contributed by atoms with Crippen LogP contribution in [0.4, 0.5) is 5.69 Å². The average Bonchev–Trinajstić information content (AvgIpc) is 2.61. The molecule has 0 unspecified atom stereocenters. The molecular weight excluding hydrogens is 288 g/mol. The van der Waals surface area contributed by atoms with Crippen LogP contribution in [0.25, 0.3) is 10.8 Å². The number of pyridine rings is 1. The van der Waals surface area contributed by atoms with Gasteiger partial charge in [-0.3, -0.25) is 9.78 Å². The number of rotatable bonds is 2. The first-order chi connectivity index (χ1) is 11.3. The Hall–Kier alpha value is -2.88. The van der Waals surface area contributed by atoms with E-state index >= 15 is 0 Å². The second-order valence-electron chi connectivity index (χ2n) is 5.71. The number of carbonyl (C=O) groups excluding carboxylic acids is 1. The van der Waals surface area contributed by atoms with Gasteiger partial charge in [-0.05, 0) is 30.2 Å². The van der Waals surface area contributed by atoms with E-state index in [1.165, 1.54) is 0 Å². The topological polar surface area (TPSA) is 51.2 Å². The predicted molar refractivity (Wildman–Crippen MR) is 89.5 cm³/mol. The SMILES string of the molecule is O=C(Nc1cccc2cnccc12)[C@H]1COc2ccccc2C1. The lowest BCUT2D eigenvalue weighted by Crippen LogP contribution is -2.32. The fourth-order valence-corrected chi connectivity index (χ4v) is 2.96. The third-order valence-electron chi connectivity index (χ3n) is 4.19. The average molecular weight is 304 g/mol. The number of para-hydroxylation sites is 1. The molecule has 0 saturated heterocycles. The van der Waals surface area contributed by atoms with Crippen molar-refractivity contribution in [1.29, 1.82) is 0 Å². The first-order valence-electron chi connectivity index (χ1n) is 7.65. The number of anilines is 1. The number of benzene rings is 2. The van der Waals surface area contributed by atoms with Crippen molar-refractivity contribution in [3.8, 4) is 5.75 Å². The van der Waals surface area contributed by atoms with E-state index < -0.39 is 0 Å². The second-order valence-corrected chi connectivity index (χ2v) is 5.71. The smallest absolute Gasteiger partial charge is 0.231 e. The van der Waals surface area contributed by atoms with Crippen molar-refractivity contribution >= 4 is 22.4 Å². The number of aromatic nitrogens is 1. The summed E-state index contributed by atoms with van der Waals surface area (Å²) in [7, 11) is 0. The normalized spacial score (nSPS) is 16.4. The molecule has 1 aromatic heterocycles. The number of hydrogen-bond donors (Lipinski definition) is 1.